The summed E-state index contributed by atoms with van der Waals surface area (Å²) in [4.78, 5) is 0. The van der Waals surface area contributed by atoms with Crippen LogP contribution in [0.5, 0.6) is 5.75 Å². The highest BCUT2D eigenvalue weighted by atomic mass is 19.4. The zero-order valence-corrected chi connectivity index (χ0v) is 9.71. The third kappa shape index (κ3) is 2.62. The Hall–Kier alpha value is -1.47. The topological polar surface area (TPSA) is 9.23 Å². The van der Waals surface area contributed by atoms with Gasteiger partial charge in [0, 0.05) is 11.6 Å². The van der Waals surface area contributed by atoms with Crippen molar-refractivity contribution in [3.63, 3.8) is 0 Å². The molecule has 0 aliphatic heterocycles. The van der Waals surface area contributed by atoms with Gasteiger partial charge in [-0.15, -0.1) is 0 Å². The first-order chi connectivity index (χ1) is 8.43. The van der Waals surface area contributed by atoms with Gasteiger partial charge in [-0.05, 0) is 18.6 Å². The summed E-state index contributed by atoms with van der Waals surface area (Å²) in [5.41, 5.74) is -7.14. The van der Waals surface area contributed by atoms with E-state index in [1.54, 1.807) is 0 Å². The van der Waals surface area contributed by atoms with Crippen LogP contribution in [0.25, 0.3) is 0 Å². The summed E-state index contributed by atoms with van der Waals surface area (Å²) >= 11 is 0. The summed E-state index contributed by atoms with van der Waals surface area (Å²) in [6.07, 6.45) is -12.3. The molecule has 0 bridgehead atoms. The molecule has 1 nitrogen and oxygen atoms in total. The van der Waals surface area contributed by atoms with Crippen molar-refractivity contribution < 1.29 is 35.5 Å². The van der Waals surface area contributed by atoms with Crippen molar-refractivity contribution in [2.24, 2.45) is 0 Å². The minimum Gasteiger partial charge on any atom is -0.496 e. The zero-order valence-electron chi connectivity index (χ0n) is 9.71. The first kappa shape index (κ1) is 15.6. The van der Waals surface area contributed by atoms with Crippen LogP contribution in [0.2, 0.25) is 0 Å². The van der Waals surface area contributed by atoms with Gasteiger partial charge in [-0.2, -0.15) is 26.3 Å². The molecule has 0 unspecified atom stereocenters. The number of aryl methyl sites for hydroxylation is 1. The maximum atomic E-state index is 13.7. The number of hydrogen-bond acceptors (Lipinski definition) is 1. The highest BCUT2D eigenvalue weighted by Crippen LogP contribution is 2.53. The predicted octanol–water partition coefficient (Wildman–Crippen LogP) is 4.09. The van der Waals surface area contributed by atoms with Crippen molar-refractivity contribution in [3.8, 4) is 5.75 Å². The molecule has 8 heteroatoms. The van der Waals surface area contributed by atoms with Gasteiger partial charge >= 0.3 is 18.0 Å². The van der Waals surface area contributed by atoms with E-state index >= 15 is 0 Å². The number of alkyl halides is 7. The average Bonchev–Trinajstić information content (AvgIpc) is 2.23. The van der Waals surface area contributed by atoms with E-state index in [-0.39, 0.29) is 5.56 Å². The lowest BCUT2D eigenvalue weighted by atomic mass is 9.92. The number of benzene rings is 1. The van der Waals surface area contributed by atoms with Crippen molar-refractivity contribution in [1.82, 2.24) is 0 Å². The highest BCUT2D eigenvalue weighted by Gasteiger charge is 2.73. The molecule has 0 aliphatic rings. The normalized spacial score (nSPS) is 13.5. The molecule has 0 saturated carbocycles. The zero-order chi connectivity index (χ0) is 15.1. The number of rotatable bonds is 2. The van der Waals surface area contributed by atoms with Gasteiger partial charge in [0.25, 0.3) is 0 Å². The molecule has 107 valence electrons. The molecule has 0 atom stereocenters. The lowest BCUT2D eigenvalue weighted by Gasteiger charge is -2.30. The third-order valence-corrected chi connectivity index (χ3v) is 2.38. The van der Waals surface area contributed by atoms with Gasteiger partial charge in [0.2, 0.25) is 0 Å². The SMILES string of the molecule is COc1[c]c(C)cc(C(F)(C(F)(F)F)C(F)(F)F)c1. The van der Waals surface area contributed by atoms with Gasteiger partial charge in [-0.1, -0.05) is 6.07 Å². The van der Waals surface area contributed by atoms with Gasteiger partial charge in [-0.3, -0.25) is 0 Å². The standard InChI is InChI=1S/C11H8F7O/c1-6-3-7(5-8(4-6)19-2)9(12,10(13,14)15)11(16,17)18/h3,5H,1-2H3. The van der Waals surface area contributed by atoms with E-state index in [0.29, 0.717) is 12.1 Å². The second kappa shape index (κ2) is 4.57. The Kier molecular flexibility index (Phi) is 3.75. The van der Waals surface area contributed by atoms with E-state index < -0.39 is 29.3 Å². The van der Waals surface area contributed by atoms with E-state index in [1.807, 2.05) is 0 Å². The van der Waals surface area contributed by atoms with Crippen LogP contribution in [0, 0.1) is 13.0 Å². The second-order valence-electron chi connectivity index (χ2n) is 3.77. The molecular weight excluding hydrogens is 281 g/mol. The quantitative estimate of drug-likeness (QED) is 0.745. The fourth-order valence-corrected chi connectivity index (χ4v) is 1.48. The smallest absolute Gasteiger partial charge is 0.435 e. The Morgan fingerprint density at radius 1 is 0.947 bits per heavy atom. The minimum absolute atomic E-state index is 0.107. The third-order valence-electron chi connectivity index (χ3n) is 2.38. The van der Waals surface area contributed by atoms with E-state index in [9.17, 15) is 30.7 Å². The maximum Gasteiger partial charge on any atom is 0.435 e. The molecule has 0 amide bonds. The molecule has 0 fully saturated rings. The van der Waals surface area contributed by atoms with Crippen molar-refractivity contribution >= 4 is 0 Å². The Morgan fingerprint density at radius 3 is 1.79 bits per heavy atom. The molecule has 0 heterocycles. The number of halogens is 7. The van der Waals surface area contributed by atoms with Crippen LogP contribution in [0.15, 0.2) is 12.1 Å². The van der Waals surface area contributed by atoms with Gasteiger partial charge in [-0.25, -0.2) is 4.39 Å². The van der Waals surface area contributed by atoms with Crippen LogP contribution in [-0.4, -0.2) is 19.5 Å². The highest BCUT2D eigenvalue weighted by molar-refractivity contribution is 5.37. The summed E-state index contributed by atoms with van der Waals surface area (Å²) in [6, 6.07) is 3.11. The first-order valence-electron chi connectivity index (χ1n) is 4.84. The predicted molar refractivity (Wildman–Crippen MR) is 51.5 cm³/mol. The first-order valence-corrected chi connectivity index (χ1v) is 4.84. The van der Waals surface area contributed by atoms with Crippen LogP contribution in [0.1, 0.15) is 11.1 Å². The van der Waals surface area contributed by atoms with Crippen molar-refractivity contribution in [2.45, 2.75) is 24.9 Å². The largest absolute Gasteiger partial charge is 0.496 e. The van der Waals surface area contributed by atoms with Crippen LogP contribution >= 0.6 is 0 Å². The monoisotopic (exact) mass is 289 g/mol. The molecule has 0 spiro atoms. The fourth-order valence-electron chi connectivity index (χ4n) is 1.48. The average molecular weight is 289 g/mol. The molecule has 1 radical (unpaired) electrons. The number of hydrogen-bond donors (Lipinski definition) is 0. The fraction of sp³-hybridized carbons (Fsp3) is 0.455. The summed E-state index contributed by atoms with van der Waals surface area (Å²) in [5.74, 6) is -0.412. The molecule has 1 aromatic rings. The van der Waals surface area contributed by atoms with E-state index in [0.717, 1.165) is 7.11 Å². The molecule has 19 heavy (non-hydrogen) atoms. The van der Waals surface area contributed by atoms with Crippen molar-refractivity contribution in [2.75, 3.05) is 7.11 Å². The summed E-state index contributed by atoms with van der Waals surface area (Å²) in [7, 11) is 1.02. The van der Waals surface area contributed by atoms with Crippen LogP contribution in [0.3, 0.4) is 0 Å². The molecule has 1 rings (SSSR count). The van der Waals surface area contributed by atoms with Gasteiger partial charge in [0.05, 0.1) is 7.11 Å². The van der Waals surface area contributed by atoms with E-state index in [4.69, 9.17) is 0 Å². The van der Waals surface area contributed by atoms with Gasteiger partial charge in [0.1, 0.15) is 5.75 Å². The molecule has 0 N–H and O–H groups in total. The lowest BCUT2D eigenvalue weighted by molar-refractivity contribution is -0.348. The Balaban J connectivity index is 3.56. The van der Waals surface area contributed by atoms with Crippen molar-refractivity contribution in [3.05, 3.63) is 29.3 Å². The van der Waals surface area contributed by atoms with E-state index in [2.05, 4.69) is 10.8 Å². The molecule has 1 aromatic carbocycles. The van der Waals surface area contributed by atoms with Crippen LogP contribution < -0.4 is 4.74 Å². The Morgan fingerprint density at radius 2 is 1.42 bits per heavy atom. The molecule has 0 saturated heterocycles. The Bertz CT molecular complexity index is 447. The van der Waals surface area contributed by atoms with Crippen LogP contribution in [-0.2, 0) is 5.67 Å². The lowest BCUT2D eigenvalue weighted by Crippen LogP contribution is -2.50. The minimum atomic E-state index is -6.13. The summed E-state index contributed by atoms with van der Waals surface area (Å²) in [6.45, 7) is 1.18. The molecule has 0 aromatic heterocycles. The summed E-state index contributed by atoms with van der Waals surface area (Å²) < 4.78 is 93.3. The maximum absolute atomic E-state index is 13.7. The Labute approximate surface area is 104 Å². The summed E-state index contributed by atoms with van der Waals surface area (Å²) in [5, 5.41) is 0. The van der Waals surface area contributed by atoms with Gasteiger partial charge in [0.15, 0.2) is 0 Å². The molecule has 0 aliphatic carbocycles. The second-order valence-corrected chi connectivity index (χ2v) is 3.77. The van der Waals surface area contributed by atoms with Gasteiger partial charge < -0.3 is 4.74 Å². The number of methoxy groups -OCH3 is 1. The number of ether oxygens (including phenoxy) is 1. The van der Waals surface area contributed by atoms with E-state index in [1.165, 1.54) is 6.92 Å². The van der Waals surface area contributed by atoms with Crippen molar-refractivity contribution in [1.29, 1.82) is 0 Å². The molecular formula is C11H8F7O. The van der Waals surface area contributed by atoms with Crippen LogP contribution in [0.4, 0.5) is 30.7 Å².